The Bertz CT molecular complexity index is 558. The molecule has 0 bridgehead atoms. The molecule has 1 aromatic carbocycles. The van der Waals surface area contributed by atoms with E-state index >= 15 is 0 Å². The van der Waals surface area contributed by atoms with Crippen molar-refractivity contribution in [3.8, 4) is 11.3 Å². The average Bonchev–Trinajstić information content (AvgIpc) is 2.72. The fourth-order valence-electron chi connectivity index (χ4n) is 1.79. The lowest BCUT2D eigenvalue weighted by molar-refractivity contribution is 0.507. The van der Waals surface area contributed by atoms with Crippen molar-refractivity contribution in [3.05, 3.63) is 41.6 Å². The summed E-state index contributed by atoms with van der Waals surface area (Å²) in [5.41, 5.74) is 8.02. The van der Waals surface area contributed by atoms with Crippen LogP contribution in [-0.2, 0) is 5.41 Å². The molecule has 0 aliphatic rings. The molecule has 0 unspecified atom stereocenters. The van der Waals surface area contributed by atoms with E-state index in [1.165, 1.54) is 12.1 Å². The van der Waals surface area contributed by atoms with Crippen molar-refractivity contribution in [1.82, 2.24) is 9.97 Å². The normalized spacial score (nSPS) is 11.8. The van der Waals surface area contributed by atoms with Gasteiger partial charge in [0.1, 0.15) is 11.6 Å². The zero-order valence-electron chi connectivity index (χ0n) is 10.9. The van der Waals surface area contributed by atoms with E-state index in [0.29, 0.717) is 6.54 Å². The van der Waals surface area contributed by atoms with E-state index in [1.54, 1.807) is 6.07 Å². The van der Waals surface area contributed by atoms with Gasteiger partial charge in [-0.3, -0.25) is 0 Å². The Hall–Kier alpha value is -1.68. The second-order valence-corrected chi connectivity index (χ2v) is 5.16. The van der Waals surface area contributed by atoms with Crippen LogP contribution in [0.25, 0.3) is 11.3 Å². The number of halogens is 1. The number of hydrogen-bond donors (Lipinski definition) is 2. The number of nitrogens with zero attached hydrogens (tertiary/aromatic N) is 1. The van der Waals surface area contributed by atoms with Gasteiger partial charge in [0.05, 0.1) is 5.69 Å². The third-order valence-electron chi connectivity index (χ3n) is 3.13. The Kier molecular flexibility index (Phi) is 3.22. The van der Waals surface area contributed by atoms with Gasteiger partial charge in [0.15, 0.2) is 0 Å². The van der Waals surface area contributed by atoms with E-state index in [1.807, 2.05) is 26.8 Å². The summed E-state index contributed by atoms with van der Waals surface area (Å²) in [4.78, 5) is 7.80. The number of imidazole rings is 1. The second-order valence-electron chi connectivity index (χ2n) is 5.16. The molecular weight excluding hydrogens is 229 g/mol. The molecule has 0 saturated carbocycles. The minimum absolute atomic E-state index is 0.212. The third kappa shape index (κ3) is 2.29. The van der Waals surface area contributed by atoms with Gasteiger partial charge < -0.3 is 10.7 Å². The highest BCUT2D eigenvalue weighted by molar-refractivity contribution is 5.62. The van der Waals surface area contributed by atoms with Crippen LogP contribution in [0.1, 0.15) is 25.4 Å². The Morgan fingerprint density at radius 1 is 1.39 bits per heavy atom. The van der Waals surface area contributed by atoms with Gasteiger partial charge in [0.2, 0.25) is 0 Å². The molecule has 3 nitrogen and oxygen atoms in total. The highest BCUT2D eigenvalue weighted by Crippen LogP contribution is 2.26. The van der Waals surface area contributed by atoms with Crippen LogP contribution in [0, 0.1) is 12.7 Å². The summed E-state index contributed by atoms with van der Waals surface area (Å²) in [5, 5.41) is 0. The molecule has 2 aromatic rings. The minimum atomic E-state index is -0.255. The maximum absolute atomic E-state index is 13.2. The number of nitrogens with two attached hydrogens (primary N) is 1. The fourth-order valence-corrected chi connectivity index (χ4v) is 1.79. The standard InChI is InChI=1S/C14H18FN3/c1-9-12(10-5-4-6-11(15)7-10)18-13(17-9)14(2,3)8-16/h4-7H,8,16H2,1-3H3,(H,17,18). The first-order chi connectivity index (χ1) is 8.44. The minimum Gasteiger partial charge on any atom is -0.345 e. The molecule has 0 fully saturated rings. The molecule has 18 heavy (non-hydrogen) atoms. The number of rotatable bonds is 3. The smallest absolute Gasteiger partial charge is 0.123 e. The molecule has 1 aromatic heterocycles. The van der Waals surface area contributed by atoms with Crippen molar-refractivity contribution in [2.24, 2.45) is 5.73 Å². The van der Waals surface area contributed by atoms with E-state index in [-0.39, 0.29) is 11.2 Å². The predicted molar refractivity (Wildman–Crippen MR) is 70.8 cm³/mol. The van der Waals surface area contributed by atoms with Crippen molar-refractivity contribution in [2.75, 3.05) is 6.54 Å². The number of H-pyrrole nitrogens is 1. The van der Waals surface area contributed by atoms with E-state index < -0.39 is 0 Å². The van der Waals surface area contributed by atoms with Gasteiger partial charge in [-0.25, -0.2) is 9.37 Å². The topological polar surface area (TPSA) is 54.7 Å². The molecule has 1 heterocycles. The van der Waals surface area contributed by atoms with Crippen molar-refractivity contribution < 1.29 is 4.39 Å². The fraction of sp³-hybridized carbons (Fsp3) is 0.357. The van der Waals surface area contributed by atoms with E-state index in [4.69, 9.17) is 5.73 Å². The maximum atomic E-state index is 13.2. The number of aromatic amines is 1. The molecule has 2 rings (SSSR count). The lowest BCUT2D eigenvalue weighted by Crippen LogP contribution is -2.29. The van der Waals surface area contributed by atoms with E-state index in [2.05, 4.69) is 9.97 Å². The van der Waals surface area contributed by atoms with Gasteiger partial charge in [0.25, 0.3) is 0 Å². The molecule has 3 N–H and O–H groups in total. The number of aromatic nitrogens is 2. The Balaban J connectivity index is 2.48. The van der Waals surface area contributed by atoms with Gasteiger partial charge >= 0.3 is 0 Å². The van der Waals surface area contributed by atoms with Crippen molar-refractivity contribution in [1.29, 1.82) is 0 Å². The number of aryl methyl sites for hydroxylation is 1. The van der Waals surface area contributed by atoms with Gasteiger partial charge in [-0.05, 0) is 19.1 Å². The first-order valence-electron chi connectivity index (χ1n) is 5.97. The highest BCUT2D eigenvalue weighted by atomic mass is 19.1. The Morgan fingerprint density at radius 3 is 2.72 bits per heavy atom. The zero-order chi connectivity index (χ0) is 13.3. The molecule has 0 spiro atoms. The van der Waals surface area contributed by atoms with E-state index in [9.17, 15) is 4.39 Å². The van der Waals surface area contributed by atoms with Crippen LogP contribution in [0.2, 0.25) is 0 Å². The summed E-state index contributed by atoms with van der Waals surface area (Å²) in [6.45, 7) is 6.49. The number of hydrogen-bond acceptors (Lipinski definition) is 2. The summed E-state index contributed by atoms with van der Waals surface area (Å²) in [7, 11) is 0. The average molecular weight is 247 g/mol. The largest absolute Gasteiger partial charge is 0.345 e. The molecule has 0 aliphatic carbocycles. The van der Waals surface area contributed by atoms with Crippen LogP contribution >= 0.6 is 0 Å². The van der Waals surface area contributed by atoms with Gasteiger partial charge in [-0.15, -0.1) is 0 Å². The van der Waals surface area contributed by atoms with Crippen molar-refractivity contribution in [3.63, 3.8) is 0 Å². The van der Waals surface area contributed by atoms with Gasteiger partial charge in [-0.1, -0.05) is 26.0 Å². The van der Waals surface area contributed by atoms with Crippen molar-refractivity contribution in [2.45, 2.75) is 26.2 Å². The summed E-state index contributed by atoms with van der Waals surface area (Å²) in [5.74, 6) is 0.580. The van der Waals surface area contributed by atoms with Crippen LogP contribution in [0.15, 0.2) is 24.3 Å². The molecule has 0 saturated heterocycles. The summed E-state index contributed by atoms with van der Waals surface area (Å²) < 4.78 is 13.2. The van der Waals surface area contributed by atoms with Crippen LogP contribution < -0.4 is 5.73 Å². The Labute approximate surface area is 106 Å². The van der Waals surface area contributed by atoms with Gasteiger partial charge in [0, 0.05) is 23.2 Å². The van der Waals surface area contributed by atoms with Crippen LogP contribution in [0.4, 0.5) is 4.39 Å². The van der Waals surface area contributed by atoms with Crippen molar-refractivity contribution >= 4 is 0 Å². The summed E-state index contributed by atoms with van der Waals surface area (Å²) in [6, 6.07) is 6.45. The maximum Gasteiger partial charge on any atom is 0.123 e. The zero-order valence-corrected chi connectivity index (χ0v) is 10.9. The molecule has 96 valence electrons. The Morgan fingerprint density at radius 2 is 2.11 bits per heavy atom. The SMILES string of the molecule is Cc1[nH]c(C(C)(C)CN)nc1-c1cccc(F)c1. The predicted octanol–water partition coefficient (Wildman–Crippen LogP) is 2.76. The molecule has 0 radical (unpaired) electrons. The second kappa shape index (κ2) is 4.53. The molecule has 0 atom stereocenters. The van der Waals surface area contributed by atoms with Crippen LogP contribution in [0.5, 0.6) is 0 Å². The monoisotopic (exact) mass is 247 g/mol. The lowest BCUT2D eigenvalue weighted by Gasteiger charge is -2.18. The lowest BCUT2D eigenvalue weighted by atomic mass is 9.93. The van der Waals surface area contributed by atoms with Gasteiger partial charge in [-0.2, -0.15) is 0 Å². The quantitative estimate of drug-likeness (QED) is 0.876. The number of nitrogens with one attached hydrogen (secondary N) is 1. The summed E-state index contributed by atoms with van der Waals surface area (Å²) >= 11 is 0. The summed E-state index contributed by atoms with van der Waals surface area (Å²) in [6.07, 6.45) is 0. The van der Waals surface area contributed by atoms with Crippen LogP contribution in [0.3, 0.4) is 0 Å². The number of benzene rings is 1. The molecule has 0 aliphatic heterocycles. The third-order valence-corrected chi connectivity index (χ3v) is 3.13. The van der Waals surface area contributed by atoms with Crippen LogP contribution in [-0.4, -0.2) is 16.5 Å². The van der Waals surface area contributed by atoms with E-state index in [0.717, 1.165) is 22.8 Å². The highest BCUT2D eigenvalue weighted by Gasteiger charge is 2.23. The molecular formula is C14H18FN3. The first-order valence-corrected chi connectivity index (χ1v) is 5.97. The molecule has 0 amide bonds. The first kappa shape index (κ1) is 12.8. The molecule has 4 heteroatoms.